The van der Waals surface area contributed by atoms with Crippen LogP contribution in [-0.4, -0.2) is 23.4 Å². The average Bonchev–Trinajstić information content (AvgIpc) is 2.32. The SMILES string of the molecule is CC(=O)N1CCC[C@@H]1C(C)C. The van der Waals surface area contributed by atoms with Crippen LogP contribution in [0.2, 0.25) is 0 Å². The number of amides is 1. The van der Waals surface area contributed by atoms with E-state index in [0.29, 0.717) is 12.0 Å². The largest absolute Gasteiger partial charge is 0.340 e. The van der Waals surface area contributed by atoms with Gasteiger partial charge >= 0.3 is 0 Å². The van der Waals surface area contributed by atoms with E-state index in [4.69, 9.17) is 0 Å². The Hall–Kier alpha value is -0.530. The summed E-state index contributed by atoms with van der Waals surface area (Å²) in [6.07, 6.45) is 2.37. The molecule has 0 aliphatic carbocycles. The molecule has 1 heterocycles. The van der Waals surface area contributed by atoms with Gasteiger partial charge in [0.15, 0.2) is 0 Å². The van der Waals surface area contributed by atoms with Gasteiger partial charge in [-0.25, -0.2) is 0 Å². The van der Waals surface area contributed by atoms with Crippen molar-refractivity contribution >= 4 is 5.91 Å². The lowest BCUT2D eigenvalue weighted by Crippen LogP contribution is -2.36. The maximum absolute atomic E-state index is 11.1. The van der Waals surface area contributed by atoms with Crippen molar-refractivity contribution in [1.82, 2.24) is 4.90 Å². The van der Waals surface area contributed by atoms with E-state index >= 15 is 0 Å². The monoisotopic (exact) mass is 155 g/mol. The minimum absolute atomic E-state index is 0.237. The Morgan fingerprint density at radius 1 is 1.55 bits per heavy atom. The molecular formula is C9H17NO. The third kappa shape index (κ3) is 1.73. The van der Waals surface area contributed by atoms with Crippen molar-refractivity contribution in [2.24, 2.45) is 5.92 Å². The molecule has 0 bridgehead atoms. The maximum Gasteiger partial charge on any atom is 0.219 e. The average molecular weight is 155 g/mol. The van der Waals surface area contributed by atoms with Crippen molar-refractivity contribution in [1.29, 1.82) is 0 Å². The Labute approximate surface area is 68.6 Å². The number of rotatable bonds is 1. The van der Waals surface area contributed by atoms with Crippen LogP contribution in [0.3, 0.4) is 0 Å². The standard InChI is InChI=1S/C9H17NO/c1-7(2)9-5-4-6-10(9)8(3)11/h7,9H,4-6H2,1-3H3/t9-/m1/s1. The van der Waals surface area contributed by atoms with Crippen LogP contribution in [0.4, 0.5) is 0 Å². The molecule has 1 aliphatic heterocycles. The number of likely N-dealkylation sites (tertiary alicyclic amines) is 1. The quantitative estimate of drug-likeness (QED) is 0.564. The number of carbonyl (C=O) groups is 1. The molecule has 11 heavy (non-hydrogen) atoms. The van der Waals surface area contributed by atoms with Crippen LogP contribution in [0.5, 0.6) is 0 Å². The molecule has 0 N–H and O–H groups in total. The summed E-state index contributed by atoms with van der Waals surface area (Å²) in [5.41, 5.74) is 0. The first-order valence-electron chi connectivity index (χ1n) is 4.40. The van der Waals surface area contributed by atoms with Crippen molar-refractivity contribution < 1.29 is 4.79 Å². The van der Waals surface area contributed by atoms with Crippen molar-refractivity contribution in [2.45, 2.75) is 39.7 Å². The number of nitrogens with zero attached hydrogens (tertiary/aromatic N) is 1. The number of hydrogen-bond acceptors (Lipinski definition) is 1. The number of hydrogen-bond donors (Lipinski definition) is 0. The van der Waals surface area contributed by atoms with Crippen molar-refractivity contribution in [3.63, 3.8) is 0 Å². The lowest BCUT2D eigenvalue weighted by molar-refractivity contribution is -0.130. The van der Waals surface area contributed by atoms with Crippen LogP contribution in [0, 0.1) is 5.92 Å². The first kappa shape index (κ1) is 8.57. The normalized spacial score (nSPS) is 24.7. The first-order chi connectivity index (χ1) is 5.13. The highest BCUT2D eigenvalue weighted by atomic mass is 16.2. The van der Waals surface area contributed by atoms with Gasteiger partial charge in [-0.05, 0) is 18.8 Å². The zero-order chi connectivity index (χ0) is 8.43. The van der Waals surface area contributed by atoms with Crippen LogP contribution < -0.4 is 0 Å². The zero-order valence-corrected chi connectivity index (χ0v) is 7.63. The van der Waals surface area contributed by atoms with Gasteiger partial charge in [0.1, 0.15) is 0 Å². The summed E-state index contributed by atoms with van der Waals surface area (Å²) >= 11 is 0. The smallest absolute Gasteiger partial charge is 0.219 e. The Morgan fingerprint density at radius 3 is 2.55 bits per heavy atom. The van der Waals surface area contributed by atoms with Gasteiger partial charge in [0, 0.05) is 19.5 Å². The second kappa shape index (κ2) is 3.24. The minimum Gasteiger partial charge on any atom is -0.340 e. The molecule has 0 unspecified atom stereocenters. The molecule has 1 saturated heterocycles. The van der Waals surface area contributed by atoms with Gasteiger partial charge in [0.05, 0.1) is 0 Å². The van der Waals surface area contributed by atoms with E-state index in [1.807, 2.05) is 4.90 Å². The van der Waals surface area contributed by atoms with Gasteiger partial charge in [-0.2, -0.15) is 0 Å². The molecule has 0 aromatic carbocycles. The fourth-order valence-electron chi connectivity index (χ4n) is 1.88. The van der Waals surface area contributed by atoms with Crippen LogP contribution in [0.15, 0.2) is 0 Å². The molecule has 0 spiro atoms. The Bertz CT molecular complexity index is 154. The molecule has 64 valence electrons. The van der Waals surface area contributed by atoms with E-state index in [1.165, 1.54) is 12.8 Å². The van der Waals surface area contributed by atoms with E-state index in [-0.39, 0.29) is 5.91 Å². The molecule has 1 rings (SSSR count). The summed E-state index contributed by atoms with van der Waals surface area (Å²) < 4.78 is 0. The van der Waals surface area contributed by atoms with Gasteiger partial charge in [-0.1, -0.05) is 13.8 Å². The predicted molar refractivity (Wildman–Crippen MR) is 45.2 cm³/mol. The number of carbonyl (C=O) groups excluding carboxylic acids is 1. The molecule has 2 nitrogen and oxygen atoms in total. The molecule has 0 saturated carbocycles. The highest BCUT2D eigenvalue weighted by Gasteiger charge is 2.28. The molecular weight excluding hydrogens is 138 g/mol. The van der Waals surface area contributed by atoms with Crippen LogP contribution >= 0.6 is 0 Å². The van der Waals surface area contributed by atoms with Crippen LogP contribution in [-0.2, 0) is 4.79 Å². The lowest BCUT2D eigenvalue weighted by Gasteiger charge is -2.26. The fraction of sp³-hybridized carbons (Fsp3) is 0.889. The van der Waals surface area contributed by atoms with E-state index in [9.17, 15) is 4.79 Å². The molecule has 0 radical (unpaired) electrons. The third-order valence-corrected chi connectivity index (χ3v) is 2.47. The topological polar surface area (TPSA) is 20.3 Å². The Morgan fingerprint density at radius 2 is 2.18 bits per heavy atom. The van der Waals surface area contributed by atoms with E-state index < -0.39 is 0 Å². The highest BCUT2D eigenvalue weighted by Crippen LogP contribution is 2.23. The van der Waals surface area contributed by atoms with Crippen LogP contribution in [0.25, 0.3) is 0 Å². The summed E-state index contributed by atoms with van der Waals surface area (Å²) in [7, 11) is 0. The van der Waals surface area contributed by atoms with E-state index in [1.54, 1.807) is 6.92 Å². The summed E-state index contributed by atoms with van der Waals surface area (Å²) in [5, 5.41) is 0. The van der Waals surface area contributed by atoms with Gasteiger partial charge in [0.2, 0.25) is 5.91 Å². The van der Waals surface area contributed by atoms with E-state index in [0.717, 1.165) is 6.54 Å². The fourth-order valence-corrected chi connectivity index (χ4v) is 1.88. The van der Waals surface area contributed by atoms with Gasteiger partial charge in [0.25, 0.3) is 0 Å². The van der Waals surface area contributed by atoms with Gasteiger partial charge < -0.3 is 4.90 Å². The molecule has 0 aromatic rings. The lowest BCUT2D eigenvalue weighted by atomic mass is 10.0. The Kier molecular flexibility index (Phi) is 2.53. The third-order valence-electron chi connectivity index (χ3n) is 2.47. The Balaban J connectivity index is 2.58. The van der Waals surface area contributed by atoms with Crippen molar-refractivity contribution in [3.05, 3.63) is 0 Å². The predicted octanol–water partition coefficient (Wildman–Crippen LogP) is 1.65. The maximum atomic E-state index is 11.1. The highest BCUT2D eigenvalue weighted by molar-refractivity contribution is 5.73. The summed E-state index contributed by atoms with van der Waals surface area (Å²) in [6.45, 7) is 7.01. The minimum atomic E-state index is 0.237. The second-order valence-corrected chi connectivity index (χ2v) is 3.67. The molecule has 0 aromatic heterocycles. The second-order valence-electron chi connectivity index (χ2n) is 3.67. The van der Waals surface area contributed by atoms with Crippen LogP contribution in [0.1, 0.15) is 33.6 Å². The molecule has 1 atom stereocenters. The molecule has 1 amide bonds. The van der Waals surface area contributed by atoms with E-state index in [2.05, 4.69) is 13.8 Å². The molecule has 2 heteroatoms. The summed E-state index contributed by atoms with van der Waals surface area (Å²) in [5.74, 6) is 0.850. The molecule has 1 fully saturated rings. The van der Waals surface area contributed by atoms with Gasteiger partial charge in [-0.3, -0.25) is 4.79 Å². The zero-order valence-electron chi connectivity index (χ0n) is 7.63. The van der Waals surface area contributed by atoms with Gasteiger partial charge in [-0.15, -0.1) is 0 Å². The summed E-state index contributed by atoms with van der Waals surface area (Å²) in [4.78, 5) is 13.1. The first-order valence-corrected chi connectivity index (χ1v) is 4.40. The van der Waals surface area contributed by atoms with Crippen molar-refractivity contribution in [2.75, 3.05) is 6.54 Å². The van der Waals surface area contributed by atoms with Crippen molar-refractivity contribution in [3.8, 4) is 0 Å². The summed E-state index contributed by atoms with van der Waals surface area (Å²) in [6, 6.07) is 0.507. The molecule has 1 aliphatic rings.